The summed E-state index contributed by atoms with van der Waals surface area (Å²) in [4.78, 5) is 26.3. The van der Waals surface area contributed by atoms with Crippen LogP contribution in [-0.2, 0) is 16.1 Å². The number of nitrogens with zero attached hydrogens (tertiary/aromatic N) is 1. The first-order valence-electron chi connectivity index (χ1n) is 8.03. The summed E-state index contributed by atoms with van der Waals surface area (Å²) in [6.07, 6.45) is 0.169. The van der Waals surface area contributed by atoms with Crippen LogP contribution in [0.4, 0.5) is 5.69 Å². The monoisotopic (exact) mass is 376 g/mol. The lowest BCUT2D eigenvalue weighted by atomic mass is 10.1. The van der Waals surface area contributed by atoms with Gasteiger partial charge in [0.15, 0.2) is 0 Å². The Bertz CT molecular complexity index is 823. The third-order valence-electron chi connectivity index (χ3n) is 4.27. The van der Waals surface area contributed by atoms with Gasteiger partial charge in [0.05, 0.1) is 21.7 Å². The van der Waals surface area contributed by atoms with Gasteiger partial charge in [-0.3, -0.25) is 9.59 Å². The molecular weight excluding hydrogens is 359 g/mol. The third kappa shape index (κ3) is 3.97. The molecule has 1 aliphatic heterocycles. The highest BCUT2D eigenvalue weighted by Gasteiger charge is 2.36. The van der Waals surface area contributed by atoms with Gasteiger partial charge in [-0.25, -0.2) is 0 Å². The molecular formula is C19H18Cl2N2O2. The first kappa shape index (κ1) is 17.8. The maximum atomic E-state index is 12.4. The predicted molar refractivity (Wildman–Crippen MR) is 99.9 cm³/mol. The molecule has 3 rings (SSSR count). The number of nitrogens with one attached hydrogen (secondary N) is 1. The number of rotatable bonds is 4. The van der Waals surface area contributed by atoms with Gasteiger partial charge in [0.2, 0.25) is 11.8 Å². The van der Waals surface area contributed by atoms with Crippen LogP contribution in [0.25, 0.3) is 0 Å². The molecule has 25 heavy (non-hydrogen) atoms. The van der Waals surface area contributed by atoms with Crippen molar-refractivity contribution >= 4 is 40.7 Å². The fourth-order valence-corrected chi connectivity index (χ4v) is 3.37. The zero-order valence-electron chi connectivity index (χ0n) is 13.8. The van der Waals surface area contributed by atoms with Crippen LogP contribution < -0.4 is 10.2 Å². The van der Waals surface area contributed by atoms with Crippen molar-refractivity contribution < 1.29 is 9.59 Å². The quantitative estimate of drug-likeness (QED) is 0.877. The molecule has 1 atom stereocenters. The second-order valence-electron chi connectivity index (χ2n) is 6.19. The Labute approximate surface area is 156 Å². The molecule has 2 aromatic rings. The summed E-state index contributed by atoms with van der Waals surface area (Å²) in [5, 5.41) is 3.63. The molecule has 2 amide bonds. The summed E-state index contributed by atoms with van der Waals surface area (Å²) in [7, 11) is 0. The molecule has 0 bridgehead atoms. The van der Waals surface area contributed by atoms with E-state index in [0.29, 0.717) is 28.8 Å². The number of halogens is 2. The molecule has 0 aromatic heterocycles. The predicted octanol–water partition coefficient (Wildman–Crippen LogP) is 3.97. The number of aryl methyl sites for hydroxylation is 1. The van der Waals surface area contributed by atoms with E-state index in [1.165, 1.54) is 4.90 Å². The Morgan fingerprint density at radius 3 is 2.76 bits per heavy atom. The highest BCUT2D eigenvalue weighted by atomic mass is 35.5. The van der Waals surface area contributed by atoms with Crippen LogP contribution in [0.15, 0.2) is 42.5 Å². The molecule has 1 fully saturated rings. The molecule has 6 heteroatoms. The van der Waals surface area contributed by atoms with E-state index < -0.39 is 5.92 Å². The summed E-state index contributed by atoms with van der Waals surface area (Å²) < 4.78 is 0. The van der Waals surface area contributed by atoms with Crippen LogP contribution >= 0.6 is 23.2 Å². The molecule has 2 aromatic carbocycles. The summed E-state index contributed by atoms with van der Waals surface area (Å²) in [6.45, 7) is 2.76. The minimum absolute atomic E-state index is 0.125. The van der Waals surface area contributed by atoms with Crippen molar-refractivity contribution in [1.29, 1.82) is 0 Å². The maximum Gasteiger partial charge on any atom is 0.227 e. The summed E-state index contributed by atoms with van der Waals surface area (Å²) >= 11 is 12.2. The number of benzene rings is 2. The first-order chi connectivity index (χ1) is 12.0. The molecule has 0 radical (unpaired) electrons. The van der Waals surface area contributed by atoms with Crippen molar-refractivity contribution in [2.75, 3.05) is 11.4 Å². The number of amides is 2. The molecule has 1 N–H and O–H groups in total. The van der Waals surface area contributed by atoms with Crippen molar-refractivity contribution in [3.8, 4) is 0 Å². The van der Waals surface area contributed by atoms with Crippen LogP contribution in [0.2, 0.25) is 10.0 Å². The zero-order valence-corrected chi connectivity index (χ0v) is 15.3. The van der Waals surface area contributed by atoms with Gasteiger partial charge < -0.3 is 10.2 Å². The SMILES string of the molecule is Cc1cccc(CNC(=O)[C@@H]2CC(=O)N(c3cccc(Cl)c3Cl)C2)c1. The Morgan fingerprint density at radius 1 is 1.24 bits per heavy atom. The molecule has 1 aliphatic rings. The lowest BCUT2D eigenvalue weighted by molar-refractivity contribution is -0.126. The van der Waals surface area contributed by atoms with Gasteiger partial charge in [0.1, 0.15) is 0 Å². The highest BCUT2D eigenvalue weighted by Crippen LogP contribution is 2.35. The lowest BCUT2D eigenvalue weighted by Gasteiger charge is -2.18. The molecule has 0 saturated carbocycles. The van der Waals surface area contributed by atoms with E-state index >= 15 is 0 Å². The van der Waals surface area contributed by atoms with Crippen LogP contribution in [0.5, 0.6) is 0 Å². The molecule has 0 aliphatic carbocycles. The maximum absolute atomic E-state index is 12.4. The molecule has 0 spiro atoms. The smallest absolute Gasteiger partial charge is 0.227 e. The Kier molecular flexibility index (Phi) is 5.30. The number of hydrogen-bond acceptors (Lipinski definition) is 2. The minimum Gasteiger partial charge on any atom is -0.352 e. The zero-order chi connectivity index (χ0) is 18.0. The van der Waals surface area contributed by atoms with Gasteiger partial charge >= 0.3 is 0 Å². The minimum atomic E-state index is -0.396. The standard InChI is InChI=1S/C19H18Cl2N2O2/c1-12-4-2-5-13(8-12)10-22-19(25)14-9-17(24)23(11-14)16-7-3-6-15(20)18(16)21/h2-8,14H,9-11H2,1H3,(H,22,25)/t14-/m1/s1. The second kappa shape index (κ2) is 7.46. The van der Waals surface area contributed by atoms with Crippen molar-refractivity contribution in [3.05, 3.63) is 63.6 Å². The summed E-state index contributed by atoms with van der Waals surface area (Å²) in [5.74, 6) is -0.650. The van der Waals surface area contributed by atoms with E-state index in [4.69, 9.17) is 23.2 Å². The van der Waals surface area contributed by atoms with Crippen LogP contribution in [0, 0.1) is 12.8 Å². The van der Waals surface area contributed by atoms with Crippen LogP contribution in [0.3, 0.4) is 0 Å². The van der Waals surface area contributed by atoms with Crippen molar-refractivity contribution in [1.82, 2.24) is 5.32 Å². The van der Waals surface area contributed by atoms with Crippen molar-refractivity contribution in [2.24, 2.45) is 5.92 Å². The molecule has 130 valence electrons. The largest absolute Gasteiger partial charge is 0.352 e. The summed E-state index contributed by atoms with van der Waals surface area (Å²) in [5.41, 5.74) is 2.73. The number of carbonyl (C=O) groups excluding carboxylic acids is 2. The Hall–Kier alpha value is -2.04. The van der Waals surface area contributed by atoms with Crippen LogP contribution in [-0.4, -0.2) is 18.4 Å². The van der Waals surface area contributed by atoms with E-state index in [-0.39, 0.29) is 18.2 Å². The van der Waals surface area contributed by atoms with Crippen molar-refractivity contribution in [2.45, 2.75) is 19.9 Å². The first-order valence-corrected chi connectivity index (χ1v) is 8.79. The molecule has 0 unspecified atom stereocenters. The second-order valence-corrected chi connectivity index (χ2v) is 6.97. The topological polar surface area (TPSA) is 49.4 Å². The Balaban J connectivity index is 1.65. The number of carbonyl (C=O) groups is 2. The van der Waals surface area contributed by atoms with Gasteiger partial charge in [-0.1, -0.05) is 59.1 Å². The van der Waals surface area contributed by atoms with E-state index in [0.717, 1.165) is 11.1 Å². The average molecular weight is 377 g/mol. The van der Waals surface area contributed by atoms with E-state index in [1.807, 2.05) is 31.2 Å². The van der Waals surface area contributed by atoms with Gasteiger partial charge in [-0.15, -0.1) is 0 Å². The van der Waals surface area contributed by atoms with Gasteiger partial charge in [0.25, 0.3) is 0 Å². The number of anilines is 1. The fraction of sp³-hybridized carbons (Fsp3) is 0.263. The number of hydrogen-bond donors (Lipinski definition) is 1. The lowest BCUT2D eigenvalue weighted by Crippen LogP contribution is -2.32. The van der Waals surface area contributed by atoms with E-state index in [2.05, 4.69) is 5.32 Å². The molecule has 1 heterocycles. The van der Waals surface area contributed by atoms with Crippen molar-refractivity contribution in [3.63, 3.8) is 0 Å². The van der Waals surface area contributed by atoms with Gasteiger partial charge in [-0.05, 0) is 24.6 Å². The Morgan fingerprint density at radius 2 is 2.00 bits per heavy atom. The molecule has 4 nitrogen and oxygen atoms in total. The third-order valence-corrected chi connectivity index (χ3v) is 5.08. The van der Waals surface area contributed by atoms with E-state index in [9.17, 15) is 9.59 Å². The summed E-state index contributed by atoms with van der Waals surface area (Å²) in [6, 6.07) is 13.1. The fourth-order valence-electron chi connectivity index (χ4n) is 2.97. The van der Waals surface area contributed by atoms with E-state index in [1.54, 1.807) is 18.2 Å². The average Bonchev–Trinajstić information content (AvgIpc) is 2.97. The molecule has 1 saturated heterocycles. The van der Waals surface area contributed by atoms with Crippen LogP contribution in [0.1, 0.15) is 17.5 Å². The van der Waals surface area contributed by atoms with Gasteiger partial charge in [0, 0.05) is 19.5 Å². The normalized spacial score (nSPS) is 17.0. The van der Waals surface area contributed by atoms with Gasteiger partial charge in [-0.2, -0.15) is 0 Å². The highest BCUT2D eigenvalue weighted by molar-refractivity contribution is 6.44.